The van der Waals surface area contributed by atoms with Crippen LogP contribution in [0.1, 0.15) is 19.2 Å². The third-order valence-corrected chi connectivity index (χ3v) is 2.10. The molecule has 2 aromatic rings. The molecule has 0 radical (unpaired) electrons. The van der Waals surface area contributed by atoms with Crippen molar-refractivity contribution in [3.05, 3.63) is 29.9 Å². The second-order valence-electron chi connectivity index (χ2n) is 3.40. The summed E-state index contributed by atoms with van der Waals surface area (Å²) < 4.78 is 18.3. The highest BCUT2D eigenvalue weighted by atomic mass is 19.1. The summed E-state index contributed by atoms with van der Waals surface area (Å²) in [5.74, 6) is 0.313. The Labute approximate surface area is 87.3 Å². The molecule has 15 heavy (non-hydrogen) atoms. The molecule has 2 rings (SSSR count). The SMILES string of the molecule is CCCNCc1nc2cc(F)ccc2o1. The molecule has 0 atom stereocenters. The normalized spacial score (nSPS) is 11.1. The van der Waals surface area contributed by atoms with Crippen LogP contribution < -0.4 is 5.32 Å². The lowest BCUT2D eigenvalue weighted by molar-refractivity contribution is 0.495. The summed E-state index contributed by atoms with van der Waals surface area (Å²) in [5.41, 5.74) is 1.20. The van der Waals surface area contributed by atoms with Crippen molar-refractivity contribution in [3.8, 4) is 0 Å². The Morgan fingerprint density at radius 1 is 1.47 bits per heavy atom. The third-order valence-electron chi connectivity index (χ3n) is 2.10. The van der Waals surface area contributed by atoms with Crippen LogP contribution in [0.4, 0.5) is 4.39 Å². The highest BCUT2D eigenvalue weighted by Crippen LogP contribution is 2.16. The minimum atomic E-state index is -0.288. The monoisotopic (exact) mass is 208 g/mol. The topological polar surface area (TPSA) is 38.1 Å². The maximum atomic E-state index is 12.9. The van der Waals surface area contributed by atoms with E-state index >= 15 is 0 Å². The summed E-state index contributed by atoms with van der Waals surface area (Å²) in [7, 11) is 0. The van der Waals surface area contributed by atoms with Crippen LogP contribution in [0.3, 0.4) is 0 Å². The van der Waals surface area contributed by atoms with Gasteiger partial charge in [-0.05, 0) is 25.1 Å². The van der Waals surface area contributed by atoms with Gasteiger partial charge in [-0.1, -0.05) is 6.92 Å². The Morgan fingerprint density at radius 2 is 2.33 bits per heavy atom. The number of nitrogens with one attached hydrogen (secondary N) is 1. The maximum absolute atomic E-state index is 12.9. The molecule has 1 heterocycles. The lowest BCUT2D eigenvalue weighted by Crippen LogP contribution is -2.13. The molecule has 0 saturated carbocycles. The van der Waals surface area contributed by atoms with Crippen LogP contribution in [-0.2, 0) is 6.54 Å². The third kappa shape index (κ3) is 2.33. The zero-order valence-corrected chi connectivity index (χ0v) is 8.59. The van der Waals surface area contributed by atoms with E-state index in [2.05, 4.69) is 17.2 Å². The van der Waals surface area contributed by atoms with Gasteiger partial charge >= 0.3 is 0 Å². The molecule has 80 valence electrons. The van der Waals surface area contributed by atoms with Gasteiger partial charge in [0.25, 0.3) is 0 Å². The smallest absolute Gasteiger partial charge is 0.209 e. The molecular formula is C11H13FN2O. The average Bonchev–Trinajstić information content (AvgIpc) is 2.60. The Balaban J connectivity index is 2.16. The average molecular weight is 208 g/mol. The van der Waals surface area contributed by atoms with Crippen molar-refractivity contribution in [2.45, 2.75) is 19.9 Å². The molecular weight excluding hydrogens is 195 g/mol. The van der Waals surface area contributed by atoms with Gasteiger partial charge < -0.3 is 9.73 Å². The molecule has 0 amide bonds. The number of rotatable bonds is 4. The largest absolute Gasteiger partial charge is 0.439 e. The number of hydrogen-bond acceptors (Lipinski definition) is 3. The van der Waals surface area contributed by atoms with E-state index in [1.54, 1.807) is 6.07 Å². The van der Waals surface area contributed by atoms with Gasteiger partial charge in [0.1, 0.15) is 11.3 Å². The standard InChI is InChI=1S/C11H13FN2O/c1-2-5-13-7-11-14-9-6-8(12)3-4-10(9)15-11/h3-4,6,13H,2,5,7H2,1H3. The first-order valence-electron chi connectivity index (χ1n) is 5.05. The fourth-order valence-corrected chi connectivity index (χ4v) is 1.40. The van der Waals surface area contributed by atoms with Crippen molar-refractivity contribution < 1.29 is 8.81 Å². The van der Waals surface area contributed by atoms with E-state index in [0.29, 0.717) is 23.5 Å². The van der Waals surface area contributed by atoms with E-state index in [1.807, 2.05) is 0 Å². The van der Waals surface area contributed by atoms with Gasteiger partial charge in [-0.15, -0.1) is 0 Å². The highest BCUT2D eigenvalue weighted by molar-refractivity contribution is 5.72. The number of benzene rings is 1. The van der Waals surface area contributed by atoms with Crippen molar-refractivity contribution in [2.75, 3.05) is 6.54 Å². The first-order valence-corrected chi connectivity index (χ1v) is 5.05. The van der Waals surface area contributed by atoms with Crippen molar-refractivity contribution in [3.63, 3.8) is 0 Å². The predicted molar refractivity (Wildman–Crippen MR) is 56.0 cm³/mol. The van der Waals surface area contributed by atoms with E-state index in [0.717, 1.165) is 13.0 Å². The molecule has 0 aliphatic rings. The van der Waals surface area contributed by atoms with Crippen LogP contribution in [0.15, 0.2) is 22.6 Å². The molecule has 0 fully saturated rings. The maximum Gasteiger partial charge on any atom is 0.209 e. The Morgan fingerprint density at radius 3 is 3.13 bits per heavy atom. The Kier molecular flexibility index (Phi) is 2.97. The van der Waals surface area contributed by atoms with Crippen LogP contribution in [-0.4, -0.2) is 11.5 Å². The van der Waals surface area contributed by atoms with Gasteiger partial charge in [-0.2, -0.15) is 0 Å². The summed E-state index contributed by atoms with van der Waals surface area (Å²) >= 11 is 0. The van der Waals surface area contributed by atoms with Crippen LogP contribution in [0.5, 0.6) is 0 Å². The van der Waals surface area contributed by atoms with E-state index < -0.39 is 0 Å². The zero-order valence-electron chi connectivity index (χ0n) is 8.59. The molecule has 4 heteroatoms. The summed E-state index contributed by atoms with van der Waals surface area (Å²) in [6.07, 6.45) is 1.06. The van der Waals surface area contributed by atoms with E-state index in [9.17, 15) is 4.39 Å². The van der Waals surface area contributed by atoms with Crippen LogP contribution >= 0.6 is 0 Å². The Bertz CT molecular complexity index is 453. The molecule has 0 aliphatic heterocycles. The van der Waals surface area contributed by atoms with Crippen molar-refractivity contribution >= 4 is 11.1 Å². The fraction of sp³-hybridized carbons (Fsp3) is 0.364. The number of fused-ring (bicyclic) bond motifs is 1. The molecule has 1 N–H and O–H groups in total. The summed E-state index contributed by atoms with van der Waals surface area (Å²) in [6.45, 7) is 3.60. The van der Waals surface area contributed by atoms with Crippen LogP contribution in [0, 0.1) is 5.82 Å². The Hall–Kier alpha value is -1.42. The molecule has 0 bridgehead atoms. The number of hydrogen-bond donors (Lipinski definition) is 1. The summed E-state index contributed by atoms with van der Waals surface area (Å²) in [5, 5.41) is 3.18. The van der Waals surface area contributed by atoms with E-state index in [4.69, 9.17) is 4.42 Å². The molecule has 0 unspecified atom stereocenters. The van der Waals surface area contributed by atoms with Gasteiger partial charge in [0.2, 0.25) is 5.89 Å². The number of halogens is 1. The minimum absolute atomic E-state index is 0.288. The highest BCUT2D eigenvalue weighted by Gasteiger charge is 2.05. The molecule has 0 saturated heterocycles. The fourth-order valence-electron chi connectivity index (χ4n) is 1.40. The second kappa shape index (κ2) is 4.40. The van der Waals surface area contributed by atoms with Gasteiger partial charge in [-0.25, -0.2) is 9.37 Å². The summed E-state index contributed by atoms with van der Waals surface area (Å²) in [6, 6.07) is 4.35. The number of aromatic nitrogens is 1. The first kappa shape index (κ1) is 10.1. The van der Waals surface area contributed by atoms with Crippen molar-refractivity contribution in [2.24, 2.45) is 0 Å². The predicted octanol–water partition coefficient (Wildman–Crippen LogP) is 2.47. The molecule has 0 spiro atoms. The van der Waals surface area contributed by atoms with Gasteiger partial charge in [0.15, 0.2) is 5.58 Å². The van der Waals surface area contributed by atoms with E-state index in [1.165, 1.54) is 12.1 Å². The van der Waals surface area contributed by atoms with Crippen LogP contribution in [0.25, 0.3) is 11.1 Å². The zero-order chi connectivity index (χ0) is 10.7. The van der Waals surface area contributed by atoms with Gasteiger partial charge in [0.05, 0.1) is 6.54 Å². The molecule has 1 aromatic heterocycles. The van der Waals surface area contributed by atoms with E-state index in [-0.39, 0.29) is 5.82 Å². The number of nitrogens with zero attached hydrogens (tertiary/aromatic N) is 1. The summed E-state index contributed by atoms with van der Waals surface area (Å²) in [4.78, 5) is 4.18. The molecule has 3 nitrogen and oxygen atoms in total. The lowest BCUT2D eigenvalue weighted by atomic mass is 10.3. The van der Waals surface area contributed by atoms with Gasteiger partial charge in [-0.3, -0.25) is 0 Å². The van der Waals surface area contributed by atoms with Crippen molar-refractivity contribution in [1.82, 2.24) is 10.3 Å². The first-order chi connectivity index (χ1) is 7.29. The minimum Gasteiger partial charge on any atom is -0.439 e. The molecule has 1 aromatic carbocycles. The lowest BCUT2D eigenvalue weighted by Gasteiger charge is -1.96. The number of oxazole rings is 1. The van der Waals surface area contributed by atoms with Crippen LogP contribution in [0.2, 0.25) is 0 Å². The quantitative estimate of drug-likeness (QED) is 0.784. The van der Waals surface area contributed by atoms with Crippen molar-refractivity contribution in [1.29, 1.82) is 0 Å². The van der Waals surface area contributed by atoms with Gasteiger partial charge in [0, 0.05) is 6.07 Å². The molecule has 0 aliphatic carbocycles. The second-order valence-corrected chi connectivity index (χ2v) is 3.40.